The third-order valence-corrected chi connectivity index (χ3v) is 5.46. The third kappa shape index (κ3) is 4.41. The molecule has 1 amide bonds. The Hall–Kier alpha value is -2.91. The number of nitrogens with zero attached hydrogens (tertiary/aromatic N) is 4. The summed E-state index contributed by atoms with van der Waals surface area (Å²) in [4.78, 5) is 53.6. The van der Waals surface area contributed by atoms with Gasteiger partial charge >= 0.3 is 11.7 Å². The first-order valence-electron chi connectivity index (χ1n) is 9.87. The van der Waals surface area contributed by atoms with Gasteiger partial charge in [-0.3, -0.25) is 19.0 Å². The highest BCUT2D eigenvalue weighted by Crippen LogP contribution is 2.22. The summed E-state index contributed by atoms with van der Waals surface area (Å²) >= 11 is 0. The first kappa shape index (κ1) is 20.8. The van der Waals surface area contributed by atoms with E-state index in [9.17, 15) is 19.2 Å². The van der Waals surface area contributed by atoms with Crippen molar-refractivity contribution < 1.29 is 14.3 Å². The highest BCUT2D eigenvalue weighted by Gasteiger charge is 2.22. The van der Waals surface area contributed by atoms with Crippen LogP contribution in [0.4, 0.5) is 0 Å². The normalized spacial score (nSPS) is 16.0. The highest BCUT2D eigenvalue weighted by molar-refractivity contribution is 5.83. The van der Waals surface area contributed by atoms with E-state index in [1.165, 1.54) is 48.7 Å². The van der Waals surface area contributed by atoms with Gasteiger partial charge in [0.1, 0.15) is 6.54 Å². The summed E-state index contributed by atoms with van der Waals surface area (Å²) in [5.74, 6) is -0.750. The van der Waals surface area contributed by atoms with Crippen molar-refractivity contribution in [2.75, 3.05) is 6.54 Å². The Morgan fingerprint density at radius 2 is 1.93 bits per heavy atom. The monoisotopic (exact) mass is 405 g/mol. The smallest absolute Gasteiger partial charge is 0.333 e. The molecule has 0 bridgehead atoms. The summed E-state index contributed by atoms with van der Waals surface area (Å²) in [6, 6.07) is 0. The van der Waals surface area contributed by atoms with Crippen LogP contribution in [0.25, 0.3) is 11.2 Å². The zero-order valence-corrected chi connectivity index (χ0v) is 17.0. The van der Waals surface area contributed by atoms with Crippen molar-refractivity contribution in [1.29, 1.82) is 0 Å². The van der Waals surface area contributed by atoms with Gasteiger partial charge in [0.2, 0.25) is 0 Å². The molecule has 1 atom stereocenters. The summed E-state index contributed by atoms with van der Waals surface area (Å²) < 4.78 is 8.62. The molecule has 2 aromatic rings. The molecule has 10 heteroatoms. The van der Waals surface area contributed by atoms with E-state index in [0.717, 1.165) is 17.4 Å². The van der Waals surface area contributed by atoms with Crippen LogP contribution in [0.5, 0.6) is 0 Å². The van der Waals surface area contributed by atoms with Crippen molar-refractivity contribution >= 4 is 23.0 Å². The SMILES string of the molecule is CC(OC(=O)Cn1c(=O)c2c(ncn2C)n(C)c1=O)C(=O)NCC1CCCCC1. The molecule has 1 saturated carbocycles. The fraction of sp³-hybridized carbons (Fsp3) is 0.632. The molecule has 2 aromatic heterocycles. The van der Waals surface area contributed by atoms with Gasteiger partial charge in [0, 0.05) is 20.6 Å². The lowest BCUT2D eigenvalue weighted by Gasteiger charge is -2.22. The Labute approximate surface area is 167 Å². The molecular weight excluding hydrogens is 378 g/mol. The van der Waals surface area contributed by atoms with E-state index in [1.807, 2.05) is 0 Å². The molecule has 158 valence electrons. The zero-order chi connectivity index (χ0) is 21.1. The number of rotatable bonds is 6. The van der Waals surface area contributed by atoms with Crippen molar-refractivity contribution in [3.8, 4) is 0 Å². The number of ether oxygens (including phenoxy) is 1. The van der Waals surface area contributed by atoms with Crippen LogP contribution < -0.4 is 16.6 Å². The van der Waals surface area contributed by atoms with Crippen LogP contribution >= 0.6 is 0 Å². The predicted octanol–water partition coefficient (Wildman–Crippen LogP) is 0.0619. The van der Waals surface area contributed by atoms with Crippen molar-refractivity contribution in [2.24, 2.45) is 20.0 Å². The van der Waals surface area contributed by atoms with Crippen LogP contribution in [0.15, 0.2) is 15.9 Å². The summed E-state index contributed by atoms with van der Waals surface area (Å²) in [7, 11) is 3.10. The van der Waals surface area contributed by atoms with Crippen molar-refractivity contribution in [3.05, 3.63) is 27.2 Å². The number of hydrogen-bond donors (Lipinski definition) is 1. The lowest BCUT2D eigenvalue weighted by Crippen LogP contribution is -2.43. The van der Waals surface area contributed by atoms with E-state index in [0.29, 0.717) is 12.5 Å². The largest absolute Gasteiger partial charge is 0.451 e. The van der Waals surface area contributed by atoms with E-state index in [-0.39, 0.29) is 17.1 Å². The minimum absolute atomic E-state index is 0.207. The maximum absolute atomic E-state index is 12.6. The second kappa shape index (κ2) is 8.62. The number of esters is 1. The third-order valence-electron chi connectivity index (χ3n) is 5.46. The molecule has 0 aromatic carbocycles. The molecule has 10 nitrogen and oxygen atoms in total. The van der Waals surface area contributed by atoms with Crippen LogP contribution in [-0.2, 0) is 35.0 Å². The number of aromatic nitrogens is 4. The number of carbonyl (C=O) groups excluding carboxylic acids is 2. The fourth-order valence-electron chi connectivity index (χ4n) is 3.73. The Morgan fingerprint density at radius 3 is 2.62 bits per heavy atom. The second-order valence-corrected chi connectivity index (χ2v) is 7.64. The molecule has 29 heavy (non-hydrogen) atoms. The topological polar surface area (TPSA) is 117 Å². The van der Waals surface area contributed by atoms with Crippen LogP contribution in [0, 0.1) is 5.92 Å². The summed E-state index contributed by atoms with van der Waals surface area (Å²) in [5.41, 5.74) is -0.859. The summed E-state index contributed by atoms with van der Waals surface area (Å²) in [6.07, 6.45) is 6.19. The molecule has 1 fully saturated rings. The Bertz CT molecular complexity index is 1030. The van der Waals surface area contributed by atoms with E-state index >= 15 is 0 Å². The van der Waals surface area contributed by atoms with Gasteiger partial charge in [-0.05, 0) is 25.7 Å². The average molecular weight is 405 g/mol. The van der Waals surface area contributed by atoms with Gasteiger partial charge < -0.3 is 14.6 Å². The molecule has 0 radical (unpaired) electrons. The van der Waals surface area contributed by atoms with Gasteiger partial charge in [-0.1, -0.05) is 19.3 Å². The average Bonchev–Trinajstić information content (AvgIpc) is 3.10. The van der Waals surface area contributed by atoms with Crippen molar-refractivity contribution in [1.82, 2.24) is 24.0 Å². The number of fused-ring (bicyclic) bond motifs is 1. The molecule has 0 aliphatic heterocycles. The maximum atomic E-state index is 12.6. The van der Waals surface area contributed by atoms with Gasteiger partial charge in [-0.25, -0.2) is 14.3 Å². The van der Waals surface area contributed by atoms with Crippen LogP contribution in [0.1, 0.15) is 39.0 Å². The van der Waals surface area contributed by atoms with E-state index in [1.54, 1.807) is 7.05 Å². The lowest BCUT2D eigenvalue weighted by molar-refractivity contribution is -0.155. The molecule has 3 rings (SSSR count). The standard InChI is InChI=1S/C19H27N5O5/c1-12(17(26)20-9-13-7-5-4-6-8-13)29-14(25)10-24-18(27)15-16(21-11-22(15)2)23(3)19(24)28/h11-13H,4-10H2,1-3H3,(H,20,26). The highest BCUT2D eigenvalue weighted by atomic mass is 16.5. The van der Waals surface area contributed by atoms with Gasteiger partial charge in [0.15, 0.2) is 17.3 Å². The Morgan fingerprint density at radius 1 is 1.24 bits per heavy atom. The number of hydrogen-bond acceptors (Lipinski definition) is 6. The first-order valence-corrected chi connectivity index (χ1v) is 9.87. The number of carbonyl (C=O) groups is 2. The van der Waals surface area contributed by atoms with Crippen molar-refractivity contribution in [3.63, 3.8) is 0 Å². The molecule has 1 aliphatic rings. The Balaban J connectivity index is 1.64. The predicted molar refractivity (Wildman–Crippen MR) is 105 cm³/mol. The van der Waals surface area contributed by atoms with E-state index in [4.69, 9.17) is 4.74 Å². The van der Waals surface area contributed by atoms with Crippen LogP contribution in [0.2, 0.25) is 0 Å². The minimum atomic E-state index is -1.01. The van der Waals surface area contributed by atoms with Gasteiger partial charge in [0.05, 0.1) is 6.33 Å². The second-order valence-electron chi connectivity index (χ2n) is 7.64. The molecule has 1 aliphatic carbocycles. The molecule has 0 spiro atoms. The van der Waals surface area contributed by atoms with Gasteiger partial charge in [-0.15, -0.1) is 0 Å². The number of amides is 1. The quantitative estimate of drug-likeness (QED) is 0.680. The van der Waals surface area contributed by atoms with Crippen molar-refractivity contribution in [2.45, 2.75) is 51.7 Å². The molecule has 2 heterocycles. The number of imidazole rings is 1. The lowest BCUT2D eigenvalue weighted by atomic mass is 9.89. The fourth-order valence-corrected chi connectivity index (χ4v) is 3.73. The van der Waals surface area contributed by atoms with E-state index < -0.39 is 29.9 Å². The molecule has 1 N–H and O–H groups in total. The molecule has 1 unspecified atom stereocenters. The van der Waals surface area contributed by atoms with Crippen LogP contribution in [0.3, 0.4) is 0 Å². The molecular formula is C19H27N5O5. The van der Waals surface area contributed by atoms with E-state index in [2.05, 4.69) is 10.3 Å². The maximum Gasteiger partial charge on any atom is 0.333 e. The minimum Gasteiger partial charge on any atom is -0.451 e. The Kier molecular flexibility index (Phi) is 6.19. The summed E-state index contributed by atoms with van der Waals surface area (Å²) in [6.45, 7) is 1.46. The number of nitrogens with one attached hydrogen (secondary N) is 1. The van der Waals surface area contributed by atoms with Gasteiger partial charge in [0.25, 0.3) is 11.5 Å². The zero-order valence-electron chi connectivity index (χ0n) is 17.0. The van der Waals surface area contributed by atoms with Crippen LogP contribution in [-0.4, -0.2) is 43.2 Å². The number of aryl methyl sites for hydroxylation is 2. The molecule has 0 saturated heterocycles. The summed E-state index contributed by atoms with van der Waals surface area (Å²) in [5, 5.41) is 2.82. The van der Waals surface area contributed by atoms with Gasteiger partial charge in [-0.2, -0.15) is 0 Å². The first-order chi connectivity index (χ1) is 13.8.